The number of allylic oxidation sites excluding steroid dienone is 1. The quantitative estimate of drug-likeness (QED) is 0.649. The monoisotopic (exact) mass is 174 g/mol. The highest BCUT2D eigenvalue weighted by Crippen LogP contribution is 2.25. The Morgan fingerprint density at radius 2 is 1.85 bits per heavy atom. The van der Waals surface area contributed by atoms with E-state index in [0.29, 0.717) is 5.56 Å². The largest absolute Gasteiger partial charge is 0.381 e. The molecule has 1 aliphatic carbocycles. The molecule has 0 saturated carbocycles. The lowest BCUT2D eigenvalue weighted by molar-refractivity contribution is 0.0817. The van der Waals surface area contributed by atoms with Crippen LogP contribution in [0.15, 0.2) is 30.3 Å². The molecule has 1 aromatic rings. The number of benzene rings is 1. The van der Waals surface area contributed by atoms with Gasteiger partial charge in [-0.2, -0.15) is 0 Å². The molecule has 0 aromatic heterocycles. The van der Waals surface area contributed by atoms with Crippen LogP contribution in [0.2, 0.25) is 0 Å². The summed E-state index contributed by atoms with van der Waals surface area (Å²) in [5, 5.41) is 9.37. The van der Waals surface area contributed by atoms with Crippen molar-refractivity contribution in [3.63, 3.8) is 0 Å². The summed E-state index contributed by atoms with van der Waals surface area (Å²) in [6, 6.07) is 7.34. The zero-order valence-electron chi connectivity index (χ0n) is 7.32. The third-order valence-electron chi connectivity index (χ3n) is 2.29. The van der Waals surface area contributed by atoms with Gasteiger partial charge in [-0.1, -0.05) is 24.3 Å². The number of ketones is 1. The molecule has 1 aliphatic rings. The molecule has 1 aromatic carbocycles. The fraction of sp³-hybridized carbons (Fsp3) is 0.182. The molecule has 66 valence electrons. The van der Waals surface area contributed by atoms with Gasteiger partial charge in [0.05, 0.1) is 0 Å². The Morgan fingerprint density at radius 1 is 1.23 bits per heavy atom. The molecular weight excluding hydrogens is 164 g/mol. The fourth-order valence-electron chi connectivity index (χ4n) is 1.60. The summed E-state index contributed by atoms with van der Waals surface area (Å²) in [6.45, 7) is 1.90. The molecule has 0 radical (unpaired) electrons. The van der Waals surface area contributed by atoms with Gasteiger partial charge in [0, 0.05) is 5.56 Å². The van der Waals surface area contributed by atoms with Gasteiger partial charge >= 0.3 is 0 Å². The summed E-state index contributed by atoms with van der Waals surface area (Å²) in [5.74, 6) is -0.207. The van der Waals surface area contributed by atoms with E-state index in [1.165, 1.54) is 0 Å². The molecule has 2 heteroatoms. The lowest BCUT2D eigenvalue weighted by Gasteiger charge is -2.17. The normalized spacial score (nSPS) is 20.9. The maximum Gasteiger partial charge on any atom is 0.195 e. The van der Waals surface area contributed by atoms with Crippen LogP contribution in [0.3, 0.4) is 0 Å². The van der Waals surface area contributed by atoms with Crippen molar-refractivity contribution in [1.82, 2.24) is 0 Å². The molecule has 2 rings (SSSR count). The molecule has 2 nitrogen and oxygen atoms in total. The Balaban J connectivity index is 2.65. The average Bonchev–Trinajstić information content (AvgIpc) is 2.15. The van der Waals surface area contributed by atoms with Crippen molar-refractivity contribution >= 4 is 11.4 Å². The van der Waals surface area contributed by atoms with E-state index in [1.54, 1.807) is 12.1 Å². The van der Waals surface area contributed by atoms with Gasteiger partial charge in [-0.05, 0) is 24.1 Å². The highest BCUT2D eigenvalue weighted by atomic mass is 16.3. The highest BCUT2D eigenvalue weighted by molar-refractivity contribution is 6.07. The lowest BCUT2D eigenvalue weighted by Crippen LogP contribution is -2.22. The molecule has 0 bridgehead atoms. The van der Waals surface area contributed by atoms with E-state index in [4.69, 9.17) is 0 Å². The first-order valence-corrected chi connectivity index (χ1v) is 4.20. The number of aliphatic hydroxyl groups excluding tert-OH is 1. The minimum Gasteiger partial charge on any atom is -0.381 e. The smallest absolute Gasteiger partial charge is 0.195 e. The van der Waals surface area contributed by atoms with Gasteiger partial charge in [0.25, 0.3) is 0 Å². The standard InChI is InChI=1S/C11H10O2/c1-7-6-10(12)11(13)9-5-3-2-4-8(7)9/h2-6,10,12H,1H3. The molecule has 0 fully saturated rings. The Hall–Kier alpha value is -1.41. The minimum atomic E-state index is -0.963. The van der Waals surface area contributed by atoms with E-state index >= 15 is 0 Å². The molecule has 0 heterocycles. The summed E-state index contributed by atoms with van der Waals surface area (Å²) in [7, 11) is 0. The number of fused-ring (bicyclic) bond motifs is 1. The number of hydrogen-bond acceptors (Lipinski definition) is 2. The summed E-state index contributed by atoms with van der Waals surface area (Å²) in [4.78, 5) is 11.5. The fourth-order valence-corrected chi connectivity index (χ4v) is 1.60. The third-order valence-corrected chi connectivity index (χ3v) is 2.29. The van der Waals surface area contributed by atoms with Crippen molar-refractivity contribution in [2.45, 2.75) is 13.0 Å². The summed E-state index contributed by atoms with van der Waals surface area (Å²) in [6.07, 6.45) is 0.625. The maximum absolute atomic E-state index is 11.5. The number of rotatable bonds is 0. The second-order valence-electron chi connectivity index (χ2n) is 3.20. The van der Waals surface area contributed by atoms with Crippen LogP contribution in [-0.2, 0) is 0 Å². The van der Waals surface area contributed by atoms with E-state index in [0.717, 1.165) is 11.1 Å². The first-order chi connectivity index (χ1) is 6.20. The minimum absolute atomic E-state index is 0.207. The van der Waals surface area contributed by atoms with Crippen LogP contribution in [0.5, 0.6) is 0 Å². The van der Waals surface area contributed by atoms with Crippen LogP contribution < -0.4 is 0 Å². The zero-order valence-corrected chi connectivity index (χ0v) is 7.32. The molecule has 1 unspecified atom stereocenters. The van der Waals surface area contributed by atoms with Crippen LogP contribution in [0.25, 0.3) is 5.57 Å². The Kier molecular flexibility index (Phi) is 1.78. The van der Waals surface area contributed by atoms with Crippen LogP contribution in [0.1, 0.15) is 22.8 Å². The summed E-state index contributed by atoms with van der Waals surface area (Å²) >= 11 is 0. The molecule has 1 atom stereocenters. The average molecular weight is 174 g/mol. The first kappa shape index (κ1) is 8.20. The van der Waals surface area contributed by atoms with Crippen molar-refractivity contribution in [2.75, 3.05) is 0 Å². The van der Waals surface area contributed by atoms with Crippen LogP contribution in [0.4, 0.5) is 0 Å². The lowest BCUT2D eigenvalue weighted by atomic mass is 9.89. The Morgan fingerprint density at radius 3 is 2.54 bits per heavy atom. The van der Waals surface area contributed by atoms with Gasteiger partial charge in [0.2, 0.25) is 0 Å². The first-order valence-electron chi connectivity index (χ1n) is 4.20. The van der Waals surface area contributed by atoms with Gasteiger partial charge in [-0.15, -0.1) is 0 Å². The van der Waals surface area contributed by atoms with Gasteiger partial charge in [-0.3, -0.25) is 4.79 Å². The van der Waals surface area contributed by atoms with E-state index in [2.05, 4.69) is 0 Å². The molecule has 0 amide bonds. The number of carbonyl (C=O) groups is 1. The second-order valence-corrected chi connectivity index (χ2v) is 3.20. The molecular formula is C11H10O2. The number of Topliss-reactive ketones (excluding diaryl/α,β-unsaturated/α-hetero) is 1. The predicted octanol–water partition coefficient (Wildman–Crippen LogP) is 1.65. The Labute approximate surface area is 76.5 Å². The number of aliphatic hydroxyl groups is 1. The SMILES string of the molecule is CC1=CC(O)C(=O)c2ccccc21. The van der Waals surface area contributed by atoms with Crippen molar-refractivity contribution < 1.29 is 9.90 Å². The van der Waals surface area contributed by atoms with E-state index in [9.17, 15) is 9.90 Å². The third kappa shape index (κ3) is 1.19. The predicted molar refractivity (Wildman–Crippen MR) is 50.4 cm³/mol. The second kappa shape index (κ2) is 2.82. The van der Waals surface area contributed by atoms with E-state index < -0.39 is 6.10 Å². The summed E-state index contributed by atoms with van der Waals surface area (Å²) in [5.41, 5.74) is 2.51. The van der Waals surface area contributed by atoms with Gasteiger partial charge in [-0.25, -0.2) is 0 Å². The van der Waals surface area contributed by atoms with Crippen molar-refractivity contribution in [2.24, 2.45) is 0 Å². The molecule has 0 spiro atoms. The summed E-state index contributed by atoms with van der Waals surface area (Å²) < 4.78 is 0. The van der Waals surface area contributed by atoms with Crippen molar-refractivity contribution in [3.8, 4) is 0 Å². The van der Waals surface area contributed by atoms with Crippen LogP contribution in [0, 0.1) is 0 Å². The zero-order chi connectivity index (χ0) is 9.42. The Bertz CT molecular complexity index is 391. The van der Waals surface area contributed by atoms with Crippen LogP contribution >= 0.6 is 0 Å². The molecule has 0 saturated heterocycles. The molecule has 13 heavy (non-hydrogen) atoms. The van der Waals surface area contributed by atoms with Gasteiger partial charge in [0.15, 0.2) is 5.78 Å². The van der Waals surface area contributed by atoms with E-state index in [-0.39, 0.29) is 5.78 Å². The van der Waals surface area contributed by atoms with Gasteiger partial charge < -0.3 is 5.11 Å². The molecule has 0 aliphatic heterocycles. The number of hydrogen-bond donors (Lipinski definition) is 1. The highest BCUT2D eigenvalue weighted by Gasteiger charge is 2.23. The van der Waals surface area contributed by atoms with Crippen molar-refractivity contribution in [3.05, 3.63) is 41.5 Å². The topological polar surface area (TPSA) is 37.3 Å². The number of carbonyl (C=O) groups excluding carboxylic acids is 1. The van der Waals surface area contributed by atoms with Crippen LogP contribution in [-0.4, -0.2) is 17.0 Å². The van der Waals surface area contributed by atoms with Gasteiger partial charge in [0.1, 0.15) is 6.10 Å². The van der Waals surface area contributed by atoms with Crippen molar-refractivity contribution in [1.29, 1.82) is 0 Å². The van der Waals surface area contributed by atoms with E-state index in [1.807, 2.05) is 25.1 Å². The maximum atomic E-state index is 11.5. The molecule has 1 N–H and O–H groups in total.